The Balaban J connectivity index is 2.33. The van der Waals surface area contributed by atoms with Gasteiger partial charge < -0.3 is 18.6 Å². The molecule has 0 radical (unpaired) electrons. The highest BCUT2D eigenvalue weighted by Gasteiger charge is 2.20. The Hall–Kier alpha value is -2.95. The lowest BCUT2D eigenvalue weighted by atomic mass is 10.1. The molecule has 3 rings (SSSR count). The largest absolute Gasteiger partial charge is 0.497 e. The molecule has 1 heterocycles. The summed E-state index contributed by atoms with van der Waals surface area (Å²) < 4.78 is 21.8. The van der Waals surface area contributed by atoms with Crippen LogP contribution in [0.25, 0.3) is 22.3 Å². The van der Waals surface area contributed by atoms with Crippen molar-refractivity contribution in [2.45, 2.75) is 6.92 Å². The lowest BCUT2D eigenvalue weighted by Crippen LogP contribution is -2.09. The van der Waals surface area contributed by atoms with E-state index in [4.69, 9.17) is 18.6 Å². The summed E-state index contributed by atoms with van der Waals surface area (Å²) in [6.07, 6.45) is 0. The minimum atomic E-state index is -0.263. The summed E-state index contributed by atoms with van der Waals surface area (Å²) in [4.78, 5) is 12.9. The van der Waals surface area contributed by atoms with E-state index in [0.717, 1.165) is 16.9 Å². The monoisotopic (exact) mass is 326 g/mol. The third kappa shape index (κ3) is 2.58. The van der Waals surface area contributed by atoms with Crippen molar-refractivity contribution in [3.8, 4) is 28.6 Å². The smallest absolute Gasteiger partial charge is 0.239 e. The van der Waals surface area contributed by atoms with Gasteiger partial charge in [0.05, 0.1) is 21.3 Å². The van der Waals surface area contributed by atoms with Crippen LogP contribution in [0.1, 0.15) is 5.56 Å². The van der Waals surface area contributed by atoms with Crippen molar-refractivity contribution in [1.29, 1.82) is 0 Å². The minimum Gasteiger partial charge on any atom is -0.497 e. The quantitative estimate of drug-likeness (QED) is 0.730. The molecule has 0 N–H and O–H groups in total. The number of hydrogen-bond donors (Lipinski definition) is 0. The Bertz CT molecular complexity index is 939. The second-order valence-electron chi connectivity index (χ2n) is 5.36. The van der Waals surface area contributed by atoms with Gasteiger partial charge in [-0.25, -0.2) is 0 Å². The van der Waals surface area contributed by atoms with Gasteiger partial charge in [0.15, 0.2) is 5.76 Å². The molecular weight excluding hydrogens is 308 g/mol. The molecule has 5 nitrogen and oxygen atoms in total. The van der Waals surface area contributed by atoms with E-state index in [9.17, 15) is 4.79 Å². The fourth-order valence-electron chi connectivity index (χ4n) is 2.68. The number of ether oxygens (including phenoxy) is 3. The van der Waals surface area contributed by atoms with Crippen LogP contribution < -0.4 is 19.6 Å². The predicted molar refractivity (Wildman–Crippen MR) is 92.3 cm³/mol. The Morgan fingerprint density at radius 1 is 0.917 bits per heavy atom. The molecule has 0 unspecified atom stereocenters. The number of methoxy groups -OCH3 is 3. The molecule has 124 valence electrons. The molecule has 0 aliphatic rings. The molecule has 1 aromatic heterocycles. The van der Waals surface area contributed by atoms with Crippen LogP contribution in [0, 0.1) is 6.92 Å². The van der Waals surface area contributed by atoms with Gasteiger partial charge in [0.1, 0.15) is 22.5 Å². The molecule has 0 fully saturated rings. The first kappa shape index (κ1) is 15.9. The molecule has 0 saturated heterocycles. The van der Waals surface area contributed by atoms with E-state index in [1.54, 1.807) is 25.3 Å². The molecule has 0 aliphatic heterocycles. The Morgan fingerprint density at radius 2 is 1.62 bits per heavy atom. The van der Waals surface area contributed by atoms with Crippen molar-refractivity contribution in [3.63, 3.8) is 0 Å². The Kier molecular flexibility index (Phi) is 4.16. The van der Waals surface area contributed by atoms with E-state index >= 15 is 0 Å². The Morgan fingerprint density at radius 3 is 2.21 bits per heavy atom. The van der Waals surface area contributed by atoms with Crippen molar-refractivity contribution >= 4 is 11.0 Å². The summed E-state index contributed by atoms with van der Waals surface area (Å²) in [5.74, 6) is 1.72. The lowest BCUT2D eigenvalue weighted by molar-refractivity contribution is 0.395. The third-order valence-corrected chi connectivity index (χ3v) is 3.84. The molecule has 5 heteroatoms. The lowest BCUT2D eigenvalue weighted by Gasteiger charge is -2.12. The van der Waals surface area contributed by atoms with Crippen LogP contribution in [0.4, 0.5) is 0 Å². The van der Waals surface area contributed by atoms with Gasteiger partial charge in [0, 0.05) is 5.56 Å². The summed E-state index contributed by atoms with van der Waals surface area (Å²) in [5, 5.41) is 0.372. The van der Waals surface area contributed by atoms with E-state index in [-0.39, 0.29) is 11.2 Å². The van der Waals surface area contributed by atoms with Gasteiger partial charge in [-0.15, -0.1) is 0 Å². The van der Waals surface area contributed by atoms with E-state index in [0.29, 0.717) is 22.5 Å². The highest BCUT2D eigenvalue weighted by atomic mass is 16.5. The second kappa shape index (κ2) is 6.28. The molecule has 0 saturated carbocycles. The van der Waals surface area contributed by atoms with Gasteiger partial charge in [-0.2, -0.15) is 0 Å². The maximum atomic E-state index is 12.9. The standard InChI is InChI=1S/C19H18O5/c1-11-9-14(22-3)16-15(10-11)24-18(19(23-4)17(16)20)12-5-7-13(21-2)8-6-12/h5-10H,1-4H3. The van der Waals surface area contributed by atoms with E-state index in [1.165, 1.54) is 14.2 Å². The van der Waals surface area contributed by atoms with E-state index in [1.807, 2.05) is 25.1 Å². The zero-order valence-electron chi connectivity index (χ0n) is 14.0. The molecule has 2 aromatic carbocycles. The summed E-state index contributed by atoms with van der Waals surface area (Å²) in [7, 11) is 4.57. The average molecular weight is 326 g/mol. The van der Waals surface area contributed by atoms with Crippen molar-refractivity contribution < 1.29 is 18.6 Å². The first-order valence-electron chi connectivity index (χ1n) is 7.43. The van der Waals surface area contributed by atoms with Gasteiger partial charge in [-0.3, -0.25) is 4.79 Å². The first-order valence-corrected chi connectivity index (χ1v) is 7.43. The maximum absolute atomic E-state index is 12.9. The third-order valence-electron chi connectivity index (χ3n) is 3.84. The summed E-state index contributed by atoms with van der Waals surface area (Å²) >= 11 is 0. The van der Waals surface area contributed by atoms with E-state index in [2.05, 4.69) is 0 Å². The number of hydrogen-bond acceptors (Lipinski definition) is 5. The van der Waals surface area contributed by atoms with Crippen LogP contribution in [-0.4, -0.2) is 21.3 Å². The average Bonchev–Trinajstić information content (AvgIpc) is 2.60. The summed E-state index contributed by atoms with van der Waals surface area (Å²) in [6.45, 7) is 1.92. The number of benzene rings is 2. The Labute approximate surface area is 139 Å². The summed E-state index contributed by atoms with van der Waals surface area (Å²) in [5.41, 5.74) is 1.87. The SMILES string of the molecule is COc1ccc(-c2oc3cc(C)cc(OC)c3c(=O)c2OC)cc1. The molecule has 24 heavy (non-hydrogen) atoms. The fourth-order valence-corrected chi connectivity index (χ4v) is 2.68. The van der Waals surface area contributed by atoms with Gasteiger partial charge in [0.2, 0.25) is 11.2 Å². The van der Waals surface area contributed by atoms with Gasteiger partial charge in [-0.1, -0.05) is 0 Å². The molecule has 0 bridgehead atoms. The topological polar surface area (TPSA) is 57.9 Å². The van der Waals surface area contributed by atoms with Gasteiger partial charge >= 0.3 is 0 Å². The van der Waals surface area contributed by atoms with Crippen LogP contribution in [0.3, 0.4) is 0 Å². The molecule has 0 spiro atoms. The predicted octanol–water partition coefficient (Wildman–Crippen LogP) is 3.79. The van der Waals surface area contributed by atoms with Crippen molar-refractivity contribution in [1.82, 2.24) is 0 Å². The highest BCUT2D eigenvalue weighted by molar-refractivity contribution is 5.88. The zero-order valence-corrected chi connectivity index (χ0v) is 14.0. The van der Waals surface area contributed by atoms with Crippen molar-refractivity contribution in [2.24, 2.45) is 0 Å². The van der Waals surface area contributed by atoms with Crippen LogP contribution in [0.2, 0.25) is 0 Å². The molecular formula is C19H18O5. The van der Waals surface area contributed by atoms with Crippen LogP contribution in [0.5, 0.6) is 17.2 Å². The number of fused-ring (bicyclic) bond motifs is 1. The van der Waals surface area contributed by atoms with Gasteiger partial charge in [0.25, 0.3) is 0 Å². The minimum absolute atomic E-state index is 0.148. The molecule has 0 amide bonds. The first-order chi connectivity index (χ1) is 11.6. The van der Waals surface area contributed by atoms with Crippen LogP contribution >= 0.6 is 0 Å². The maximum Gasteiger partial charge on any atom is 0.239 e. The molecule has 0 aliphatic carbocycles. The van der Waals surface area contributed by atoms with Crippen molar-refractivity contribution in [3.05, 3.63) is 52.2 Å². The fraction of sp³-hybridized carbons (Fsp3) is 0.211. The molecule has 0 atom stereocenters. The normalized spacial score (nSPS) is 10.7. The van der Waals surface area contributed by atoms with Crippen LogP contribution in [-0.2, 0) is 0 Å². The highest BCUT2D eigenvalue weighted by Crippen LogP contribution is 2.34. The number of rotatable bonds is 4. The van der Waals surface area contributed by atoms with Crippen LogP contribution in [0.15, 0.2) is 45.6 Å². The molecule has 3 aromatic rings. The zero-order chi connectivity index (χ0) is 17.3. The van der Waals surface area contributed by atoms with E-state index < -0.39 is 0 Å². The number of aryl methyl sites for hydroxylation is 1. The van der Waals surface area contributed by atoms with Gasteiger partial charge in [-0.05, 0) is 48.9 Å². The van der Waals surface area contributed by atoms with Crippen molar-refractivity contribution in [2.75, 3.05) is 21.3 Å². The second-order valence-corrected chi connectivity index (χ2v) is 5.36. The summed E-state index contributed by atoms with van der Waals surface area (Å²) in [6, 6.07) is 10.8.